The van der Waals surface area contributed by atoms with Gasteiger partial charge in [0.1, 0.15) is 11.6 Å². The number of halogens is 5. The van der Waals surface area contributed by atoms with Crippen molar-refractivity contribution in [3.8, 4) is 5.75 Å². The van der Waals surface area contributed by atoms with Crippen molar-refractivity contribution in [2.24, 2.45) is 7.05 Å². The summed E-state index contributed by atoms with van der Waals surface area (Å²) in [6.45, 7) is 1.57. The Hall–Kier alpha value is -3.17. The molecular formula is C23H22F5N3O2. The van der Waals surface area contributed by atoms with Gasteiger partial charge in [-0.1, -0.05) is 18.2 Å². The number of aryl methyl sites for hydroxylation is 1. The number of methoxy groups -OCH3 is 1. The van der Waals surface area contributed by atoms with Gasteiger partial charge in [-0.3, -0.25) is 4.79 Å². The quantitative estimate of drug-likeness (QED) is 0.473. The molecule has 1 saturated carbocycles. The number of hydrogen-bond acceptors (Lipinski definition) is 4. The first-order chi connectivity index (χ1) is 15.5. The van der Waals surface area contributed by atoms with E-state index in [0.717, 1.165) is 10.7 Å². The highest BCUT2D eigenvalue weighted by atomic mass is 19.3. The summed E-state index contributed by atoms with van der Waals surface area (Å²) in [6, 6.07) is 6.03. The fourth-order valence-electron chi connectivity index (χ4n) is 4.23. The number of rotatable bonds is 6. The van der Waals surface area contributed by atoms with Gasteiger partial charge in [0.25, 0.3) is 12.0 Å². The monoisotopic (exact) mass is 467 g/mol. The molecule has 3 aromatic rings. The maximum absolute atomic E-state index is 14.6. The highest BCUT2D eigenvalue weighted by Gasteiger charge is 2.47. The number of fused-ring (bicyclic) bond motifs is 1. The summed E-state index contributed by atoms with van der Waals surface area (Å²) in [6.07, 6.45) is -3.64. The molecule has 5 nitrogen and oxygen atoms in total. The molecule has 1 fully saturated rings. The second-order valence-electron chi connectivity index (χ2n) is 8.30. The fraction of sp³-hybridized carbons (Fsp3) is 0.391. The minimum absolute atomic E-state index is 0.00368. The minimum atomic E-state index is -2.97. The molecule has 10 heteroatoms. The third-order valence-electron chi connectivity index (χ3n) is 6.04. The summed E-state index contributed by atoms with van der Waals surface area (Å²) in [5.41, 5.74) is -0.619. The summed E-state index contributed by atoms with van der Waals surface area (Å²) in [5.74, 6) is -3.72. The van der Waals surface area contributed by atoms with Crippen LogP contribution in [-0.2, 0) is 7.05 Å². The average Bonchev–Trinajstić information content (AvgIpc) is 2.74. The summed E-state index contributed by atoms with van der Waals surface area (Å²) in [4.78, 5) is 12.7. The van der Waals surface area contributed by atoms with Gasteiger partial charge in [0.15, 0.2) is 5.82 Å². The SMILES string of the molecule is COc1cc2c(=O)n(C)nc(N[C@H](C)c3cccc(C(F)F)c3F)c2cc1C1CC(F)(F)C1. The molecule has 0 radical (unpaired) electrons. The van der Waals surface area contributed by atoms with E-state index in [9.17, 15) is 26.7 Å². The fourth-order valence-corrected chi connectivity index (χ4v) is 4.23. The maximum Gasteiger partial charge on any atom is 0.274 e. The van der Waals surface area contributed by atoms with Gasteiger partial charge in [0, 0.05) is 30.8 Å². The van der Waals surface area contributed by atoms with Crippen molar-refractivity contribution in [1.82, 2.24) is 9.78 Å². The van der Waals surface area contributed by atoms with Crippen molar-refractivity contribution >= 4 is 16.6 Å². The topological polar surface area (TPSA) is 56.2 Å². The molecule has 0 unspecified atom stereocenters. The Balaban J connectivity index is 1.80. The van der Waals surface area contributed by atoms with E-state index in [1.807, 2.05) is 0 Å². The number of anilines is 1. The second-order valence-corrected chi connectivity index (χ2v) is 8.30. The number of nitrogens with one attached hydrogen (secondary N) is 1. The molecular weight excluding hydrogens is 445 g/mol. The predicted molar refractivity (Wildman–Crippen MR) is 114 cm³/mol. The lowest BCUT2D eigenvalue weighted by molar-refractivity contribution is -0.0870. The summed E-state index contributed by atoms with van der Waals surface area (Å²) in [5, 5.41) is 7.78. The molecule has 0 bridgehead atoms. The number of hydrogen-bond donors (Lipinski definition) is 1. The zero-order valence-corrected chi connectivity index (χ0v) is 18.1. The van der Waals surface area contributed by atoms with Gasteiger partial charge in [0.05, 0.1) is 24.1 Å². The number of benzene rings is 2. The van der Waals surface area contributed by atoms with Crippen molar-refractivity contribution in [3.63, 3.8) is 0 Å². The van der Waals surface area contributed by atoms with Crippen LogP contribution in [0.1, 0.15) is 54.8 Å². The smallest absolute Gasteiger partial charge is 0.274 e. The Bertz CT molecular complexity index is 1270. The lowest BCUT2D eigenvalue weighted by Gasteiger charge is -2.36. The van der Waals surface area contributed by atoms with Crippen LogP contribution in [0.3, 0.4) is 0 Å². The van der Waals surface area contributed by atoms with Crippen LogP contribution >= 0.6 is 0 Å². The highest BCUT2D eigenvalue weighted by Crippen LogP contribution is 2.51. The average molecular weight is 467 g/mol. The lowest BCUT2D eigenvalue weighted by Crippen LogP contribution is -2.34. The zero-order valence-electron chi connectivity index (χ0n) is 18.1. The third kappa shape index (κ3) is 4.14. The molecule has 4 rings (SSSR count). The van der Waals surface area contributed by atoms with Crippen molar-refractivity contribution in [3.05, 3.63) is 63.2 Å². The van der Waals surface area contributed by atoms with Gasteiger partial charge in [-0.25, -0.2) is 26.6 Å². The molecule has 1 heterocycles. The van der Waals surface area contributed by atoms with Gasteiger partial charge in [0.2, 0.25) is 5.92 Å². The van der Waals surface area contributed by atoms with Crippen molar-refractivity contribution in [2.75, 3.05) is 12.4 Å². The van der Waals surface area contributed by atoms with E-state index in [1.54, 1.807) is 13.0 Å². The number of alkyl halides is 4. The largest absolute Gasteiger partial charge is 0.496 e. The van der Waals surface area contributed by atoms with E-state index in [1.165, 1.54) is 32.4 Å². The van der Waals surface area contributed by atoms with Crippen LogP contribution in [0, 0.1) is 5.82 Å². The molecule has 1 aromatic heterocycles. The third-order valence-corrected chi connectivity index (χ3v) is 6.04. The molecule has 33 heavy (non-hydrogen) atoms. The van der Waals surface area contributed by atoms with Crippen LogP contribution in [-0.4, -0.2) is 22.8 Å². The standard InChI is InChI=1S/C23H22F5N3O2/c1-11(13-5-4-6-14(19(13)24)20(25)26)29-21-16-7-15(12-9-23(27,28)10-12)18(33-3)8-17(16)22(32)31(2)30-21/h4-8,11-12,20H,9-10H2,1-3H3,(H,29,30)/t11-/m1/s1. The van der Waals surface area contributed by atoms with Gasteiger partial charge in [-0.2, -0.15) is 5.10 Å². The Morgan fingerprint density at radius 3 is 2.45 bits per heavy atom. The molecule has 1 aliphatic rings. The van der Waals surface area contributed by atoms with E-state index in [-0.39, 0.29) is 29.6 Å². The van der Waals surface area contributed by atoms with E-state index in [2.05, 4.69) is 10.4 Å². The van der Waals surface area contributed by atoms with Gasteiger partial charge in [-0.15, -0.1) is 0 Å². The Kier molecular flexibility index (Phi) is 5.79. The van der Waals surface area contributed by atoms with E-state index in [4.69, 9.17) is 4.74 Å². The molecule has 0 aliphatic heterocycles. The van der Waals surface area contributed by atoms with E-state index >= 15 is 0 Å². The Morgan fingerprint density at radius 1 is 1.18 bits per heavy atom. The summed E-state index contributed by atoms with van der Waals surface area (Å²) in [7, 11) is 2.83. The van der Waals surface area contributed by atoms with Crippen molar-refractivity contribution < 1.29 is 26.7 Å². The first-order valence-corrected chi connectivity index (χ1v) is 10.3. The lowest BCUT2D eigenvalue weighted by atomic mass is 9.76. The molecule has 1 N–H and O–H groups in total. The first kappa shape index (κ1) is 23.0. The molecule has 0 saturated heterocycles. The van der Waals surface area contributed by atoms with Crippen LogP contribution in [0.5, 0.6) is 5.75 Å². The first-order valence-electron chi connectivity index (χ1n) is 10.3. The Labute approximate surface area is 186 Å². The summed E-state index contributed by atoms with van der Waals surface area (Å²) < 4.78 is 74.3. The summed E-state index contributed by atoms with van der Waals surface area (Å²) >= 11 is 0. The number of aromatic nitrogens is 2. The number of nitrogens with zero attached hydrogens (tertiary/aromatic N) is 2. The molecule has 0 amide bonds. The molecule has 176 valence electrons. The highest BCUT2D eigenvalue weighted by molar-refractivity contribution is 5.93. The maximum atomic E-state index is 14.6. The van der Waals surface area contributed by atoms with Crippen LogP contribution in [0.15, 0.2) is 35.1 Å². The van der Waals surface area contributed by atoms with E-state index < -0.39 is 41.2 Å². The van der Waals surface area contributed by atoms with Crippen molar-refractivity contribution in [2.45, 2.75) is 44.1 Å². The minimum Gasteiger partial charge on any atom is -0.496 e. The molecule has 2 aromatic carbocycles. The van der Waals surface area contributed by atoms with Crippen LogP contribution in [0.2, 0.25) is 0 Å². The normalized spacial score (nSPS) is 16.6. The van der Waals surface area contributed by atoms with Crippen LogP contribution < -0.4 is 15.6 Å². The molecule has 1 aliphatic carbocycles. The second kappa shape index (κ2) is 8.31. The molecule has 0 spiro atoms. The predicted octanol–water partition coefficient (Wildman–Crippen LogP) is 5.70. The number of ether oxygens (including phenoxy) is 1. The van der Waals surface area contributed by atoms with Crippen molar-refractivity contribution in [1.29, 1.82) is 0 Å². The van der Waals surface area contributed by atoms with Gasteiger partial charge < -0.3 is 10.1 Å². The van der Waals surface area contributed by atoms with Crippen LogP contribution in [0.25, 0.3) is 10.8 Å². The Morgan fingerprint density at radius 2 is 1.85 bits per heavy atom. The van der Waals surface area contributed by atoms with Gasteiger partial charge in [-0.05, 0) is 30.5 Å². The zero-order chi connectivity index (χ0) is 24.1. The van der Waals surface area contributed by atoms with Gasteiger partial charge >= 0.3 is 0 Å². The van der Waals surface area contributed by atoms with Crippen LogP contribution in [0.4, 0.5) is 27.8 Å². The molecule has 1 atom stereocenters. The van der Waals surface area contributed by atoms with E-state index in [0.29, 0.717) is 16.7 Å².